The Balaban J connectivity index is 1.42. The first-order valence-electron chi connectivity index (χ1n) is 17.9. The molecule has 246 valence electrons. The Morgan fingerprint density at radius 3 is 0.943 bits per heavy atom. The summed E-state index contributed by atoms with van der Waals surface area (Å²) in [7, 11) is 0. The van der Waals surface area contributed by atoms with E-state index in [1.807, 2.05) is 12.1 Å². The highest BCUT2D eigenvalue weighted by molar-refractivity contribution is 6.13. The van der Waals surface area contributed by atoms with Crippen molar-refractivity contribution in [1.29, 1.82) is 0 Å². The molecule has 8 aromatic carbocycles. The summed E-state index contributed by atoms with van der Waals surface area (Å²) in [4.78, 5) is 3.70. The maximum atomic E-state index is 7.64. The maximum absolute atomic E-state index is 7.64. The van der Waals surface area contributed by atoms with E-state index in [-0.39, 0.29) is 0 Å². The highest BCUT2D eigenvalue weighted by atomic mass is 15.1. The van der Waals surface area contributed by atoms with Gasteiger partial charge < -0.3 is 13.7 Å². The Morgan fingerprint density at radius 2 is 0.623 bits per heavy atom. The first-order chi connectivity index (χ1) is 26.3. The lowest BCUT2D eigenvalue weighted by Gasteiger charge is -2.23. The molecule has 0 saturated carbocycles. The number of fused-ring (bicyclic) bond motifs is 9. The third kappa shape index (κ3) is 4.22. The van der Waals surface area contributed by atoms with Crippen molar-refractivity contribution in [3.63, 3.8) is 0 Å². The van der Waals surface area contributed by atoms with Crippen LogP contribution in [0.3, 0.4) is 0 Å². The van der Waals surface area contributed by atoms with Crippen molar-refractivity contribution < 1.29 is 0 Å². The highest BCUT2D eigenvalue weighted by Gasteiger charge is 2.25. The SMILES string of the molecule is [C-]#[N+]c1ccc(-c2cc(-n3c4ccccc4c4ccccc43)c(-n3c4ccccc4c4ccccc43)c(-n3c4ccccc4c4ccccc43)c2)cc1. The van der Waals surface area contributed by atoms with E-state index in [0.717, 1.165) is 61.3 Å². The molecule has 3 aromatic heterocycles. The summed E-state index contributed by atoms with van der Waals surface area (Å²) < 4.78 is 7.39. The smallest absolute Gasteiger partial charge is 0.187 e. The second-order valence-corrected chi connectivity index (χ2v) is 13.6. The van der Waals surface area contributed by atoms with Gasteiger partial charge in [-0.3, -0.25) is 0 Å². The third-order valence-electron chi connectivity index (χ3n) is 10.8. The average Bonchev–Trinajstić information content (AvgIpc) is 3.86. The van der Waals surface area contributed by atoms with Gasteiger partial charge in [0, 0.05) is 32.3 Å². The second kappa shape index (κ2) is 11.3. The standard InChI is InChI=1S/C49H30N4/c1-50-34-28-26-32(27-29-34)33-30-47(51-41-20-8-2-14-35(41)36-15-3-9-21-42(36)51)49(53-45-24-12-6-18-39(45)40-19-7-13-25-46(40)53)48(31-33)52-43-22-10-4-16-37(43)38-17-5-11-23-44(38)52/h2-31H. The van der Waals surface area contributed by atoms with Crippen molar-refractivity contribution in [3.05, 3.63) is 193 Å². The van der Waals surface area contributed by atoms with E-state index in [0.29, 0.717) is 5.69 Å². The first-order valence-corrected chi connectivity index (χ1v) is 17.9. The normalized spacial score (nSPS) is 11.8. The Bertz CT molecular complexity index is 3000. The van der Waals surface area contributed by atoms with Crippen LogP contribution in [-0.4, -0.2) is 13.7 Å². The molecule has 0 aliphatic rings. The van der Waals surface area contributed by atoms with Crippen LogP contribution in [0.1, 0.15) is 0 Å². The van der Waals surface area contributed by atoms with Crippen LogP contribution in [0.5, 0.6) is 0 Å². The number of aromatic nitrogens is 3. The van der Waals surface area contributed by atoms with Crippen LogP contribution >= 0.6 is 0 Å². The van der Waals surface area contributed by atoms with Crippen molar-refractivity contribution in [3.8, 4) is 28.2 Å². The minimum absolute atomic E-state index is 0.626. The van der Waals surface area contributed by atoms with E-state index < -0.39 is 0 Å². The lowest BCUT2D eigenvalue weighted by atomic mass is 10.0. The van der Waals surface area contributed by atoms with Gasteiger partial charge in [0.05, 0.1) is 56.7 Å². The van der Waals surface area contributed by atoms with Crippen molar-refractivity contribution in [2.24, 2.45) is 0 Å². The number of rotatable bonds is 4. The van der Waals surface area contributed by atoms with Gasteiger partial charge >= 0.3 is 0 Å². The molecule has 0 amide bonds. The van der Waals surface area contributed by atoms with Gasteiger partial charge in [0.25, 0.3) is 0 Å². The minimum atomic E-state index is 0.626. The Kier molecular flexibility index (Phi) is 6.28. The number of para-hydroxylation sites is 6. The minimum Gasteiger partial charge on any atom is -0.307 e. The molecule has 0 N–H and O–H groups in total. The monoisotopic (exact) mass is 674 g/mol. The first kappa shape index (κ1) is 29.4. The maximum Gasteiger partial charge on any atom is 0.187 e. The molecular formula is C49H30N4. The lowest BCUT2D eigenvalue weighted by Crippen LogP contribution is -2.10. The molecule has 53 heavy (non-hydrogen) atoms. The molecule has 4 heteroatoms. The molecule has 4 nitrogen and oxygen atoms in total. The summed E-state index contributed by atoms with van der Waals surface area (Å²) >= 11 is 0. The van der Waals surface area contributed by atoms with Gasteiger partial charge in [0.1, 0.15) is 0 Å². The van der Waals surface area contributed by atoms with Gasteiger partial charge in [-0.25, -0.2) is 4.85 Å². The average molecular weight is 675 g/mol. The van der Waals surface area contributed by atoms with Crippen LogP contribution < -0.4 is 0 Å². The molecule has 0 aliphatic heterocycles. The van der Waals surface area contributed by atoms with Crippen LogP contribution in [0.2, 0.25) is 0 Å². The molecule has 0 unspecified atom stereocenters. The van der Waals surface area contributed by atoms with E-state index in [4.69, 9.17) is 6.57 Å². The largest absolute Gasteiger partial charge is 0.307 e. The fraction of sp³-hybridized carbons (Fsp3) is 0. The molecule has 0 aliphatic carbocycles. The van der Waals surface area contributed by atoms with Crippen molar-refractivity contribution in [2.75, 3.05) is 0 Å². The summed E-state index contributed by atoms with van der Waals surface area (Å²) in [6.45, 7) is 7.64. The van der Waals surface area contributed by atoms with Crippen LogP contribution in [0, 0.1) is 6.57 Å². The topological polar surface area (TPSA) is 19.1 Å². The fourth-order valence-electron chi connectivity index (χ4n) is 8.60. The van der Waals surface area contributed by atoms with Crippen LogP contribution in [0.15, 0.2) is 182 Å². The van der Waals surface area contributed by atoms with E-state index in [1.54, 1.807) is 0 Å². The molecule has 0 atom stereocenters. The number of nitrogens with zero attached hydrogens (tertiary/aromatic N) is 4. The van der Waals surface area contributed by atoms with E-state index >= 15 is 0 Å². The van der Waals surface area contributed by atoms with Gasteiger partial charge in [-0.15, -0.1) is 0 Å². The Hall–Kier alpha value is -7.35. The quantitative estimate of drug-likeness (QED) is 0.166. The van der Waals surface area contributed by atoms with Crippen LogP contribution in [0.25, 0.3) is 98.5 Å². The highest BCUT2D eigenvalue weighted by Crippen LogP contribution is 2.44. The van der Waals surface area contributed by atoms with Gasteiger partial charge in [-0.1, -0.05) is 133 Å². The summed E-state index contributed by atoms with van der Waals surface area (Å²) in [6, 6.07) is 65.2. The van der Waals surface area contributed by atoms with Gasteiger partial charge in [-0.2, -0.15) is 0 Å². The Morgan fingerprint density at radius 1 is 0.321 bits per heavy atom. The third-order valence-corrected chi connectivity index (χ3v) is 10.8. The van der Waals surface area contributed by atoms with Gasteiger partial charge in [0.2, 0.25) is 0 Å². The van der Waals surface area contributed by atoms with E-state index in [2.05, 4.69) is 188 Å². The molecule has 0 radical (unpaired) electrons. The molecule has 11 aromatic rings. The predicted octanol–water partition coefficient (Wildman–Crippen LogP) is 13.2. The zero-order chi connectivity index (χ0) is 35.0. The zero-order valence-electron chi connectivity index (χ0n) is 28.6. The molecule has 0 bridgehead atoms. The summed E-state index contributed by atoms with van der Waals surface area (Å²) in [5, 5.41) is 7.26. The van der Waals surface area contributed by atoms with Crippen molar-refractivity contribution >= 4 is 71.1 Å². The van der Waals surface area contributed by atoms with E-state index in [9.17, 15) is 0 Å². The van der Waals surface area contributed by atoms with Crippen LogP contribution in [-0.2, 0) is 0 Å². The van der Waals surface area contributed by atoms with E-state index in [1.165, 1.54) is 32.3 Å². The predicted molar refractivity (Wildman–Crippen MR) is 221 cm³/mol. The van der Waals surface area contributed by atoms with Crippen molar-refractivity contribution in [2.45, 2.75) is 0 Å². The molecule has 0 fully saturated rings. The molecular weight excluding hydrogens is 645 g/mol. The summed E-state index contributed by atoms with van der Waals surface area (Å²) in [5.74, 6) is 0. The van der Waals surface area contributed by atoms with Crippen LogP contribution in [0.4, 0.5) is 5.69 Å². The zero-order valence-corrected chi connectivity index (χ0v) is 28.6. The molecule has 3 heterocycles. The summed E-state index contributed by atoms with van der Waals surface area (Å²) in [6.07, 6.45) is 0. The number of hydrogen-bond acceptors (Lipinski definition) is 0. The van der Waals surface area contributed by atoms with Gasteiger partial charge in [0.15, 0.2) is 5.69 Å². The Labute approximate surface area is 305 Å². The molecule has 0 saturated heterocycles. The molecule has 0 spiro atoms. The molecule has 11 rings (SSSR count). The lowest BCUT2D eigenvalue weighted by molar-refractivity contribution is 1.05. The van der Waals surface area contributed by atoms with Gasteiger partial charge in [-0.05, 0) is 59.7 Å². The second-order valence-electron chi connectivity index (χ2n) is 13.6. The summed E-state index contributed by atoms with van der Waals surface area (Å²) in [5.41, 5.74) is 12.8. The van der Waals surface area contributed by atoms with Crippen molar-refractivity contribution in [1.82, 2.24) is 13.7 Å². The number of benzene rings is 8. The number of hydrogen-bond donors (Lipinski definition) is 0. The fourth-order valence-corrected chi connectivity index (χ4v) is 8.60.